The first-order valence-corrected chi connectivity index (χ1v) is 6.57. The fourth-order valence-corrected chi connectivity index (χ4v) is 3.11. The van der Waals surface area contributed by atoms with E-state index in [1.165, 1.54) is 12.5 Å². The van der Waals surface area contributed by atoms with Crippen LogP contribution in [0.3, 0.4) is 0 Å². The number of hydrogen-bond acceptors (Lipinski definition) is 3. The van der Waals surface area contributed by atoms with Gasteiger partial charge in [-0.15, -0.1) is 0 Å². The van der Waals surface area contributed by atoms with Gasteiger partial charge in [0.25, 0.3) is 0 Å². The predicted octanol–water partition coefficient (Wildman–Crippen LogP) is 2.65. The molecule has 19 heavy (non-hydrogen) atoms. The molecule has 0 spiro atoms. The van der Waals surface area contributed by atoms with Crippen molar-refractivity contribution in [1.82, 2.24) is 4.57 Å². The fraction of sp³-hybridized carbons (Fsp3) is 0.231. The summed E-state index contributed by atoms with van der Waals surface area (Å²) in [4.78, 5) is 23.5. The molecule has 5 nitrogen and oxygen atoms in total. The Morgan fingerprint density at radius 3 is 2.89 bits per heavy atom. The second-order valence-electron chi connectivity index (χ2n) is 4.44. The largest absolute Gasteiger partial charge is 0.481 e. The van der Waals surface area contributed by atoms with Crippen LogP contribution in [0.5, 0.6) is 0 Å². The van der Waals surface area contributed by atoms with Gasteiger partial charge in [0.05, 0.1) is 17.7 Å². The Balaban J connectivity index is 2.07. The quantitative estimate of drug-likeness (QED) is 0.881. The van der Waals surface area contributed by atoms with Gasteiger partial charge < -0.3 is 14.1 Å². The summed E-state index contributed by atoms with van der Waals surface area (Å²) in [7, 11) is 0. The van der Waals surface area contributed by atoms with E-state index in [4.69, 9.17) is 9.52 Å². The van der Waals surface area contributed by atoms with Crippen molar-refractivity contribution in [1.29, 1.82) is 0 Å². The van der Waals surface area contributed by atoms with Crippen LogP contribution in [-0.4, -0.2) is 21.4 Å². The molecule has 3 heterocycles. The number of ketones is 1. The Labute approximate surface area is 117 Å². The van der Waals surface area contributed by atoms with Crippen LogP contribution in [0.15, 0.2) is 33.5 Å². The second kappa shape index (κ2) is 4.38. The van der Waals surface area contributed by atoms with Crippen LogP contribution in [0.4, 0.5) is 0 Å². The van der Waals surface area contributed by atoms with Crippen molar-refractivity contribution in [2.24, 2.45) is 0 Å². The minimum absolute atomic E-state index is 0.169. The zero-order valence-electron chi connectivity index (χ0n) is 9.80. The maximum absolute atomic E-state index is 12.4. The third kappa shape index (κ3) is 1.83. The summed E-state index contributed by atoms with van der Waals surface area (Å²) in [5, 5.41) is 9.15. The van der Waals surface area contributed by atoms with Crippen molar-refractivity contribution in [3.8, 4) is 0 Å². The molecule has 0 radical (unpaired) electrons. The van der Waals surface area contributed by atoms with E-state index in [1.54, 1.807) is 16.7 Å². The van der Waals surface area contributed by atoms with Crippen LogP contribution in [0, 0.1) is 0 Å². The number of carboxylic acids is 1. The first-order valence-electron chi connectivity index (χ1n) is 5.78. The monoisotopic (exact) mass is 323 g/mol. The van der Waals surface area contributed by atoms with E-state index < -0.39 is 11.9 Å². The molecule has 0 bridgehead atoms. The molecule has 1 aliphatic heterocycles. The van der Waals surface area contributed by atoms with Crippen LogP contribution < -0.4 is 0 Å². The molecule has 6 heteroatoms. The van der Waals surface area contributed by atoms with Crippen LogP contribution in [0.25, 0.3) is 0 Å². The number of carbonyl (C=O) groups excluding carboxylic acids is 1. The molecule has 2 aromatic heterocycles. The van der Waals surface area contributed by atoms with Crippen molar-refractivity contribution >= 4 is 27.7 Å². The van der Waals surface area contributed by atoms with Gasteiger partial charge in [0, 0.05) is 16.7 Å². The van der Waals surface area contributed by atoms with E-state index in [0.29, 0.717) is 34.4 Å². The summed E-state index contributed by atoms with van der Waals surface area (Å²) in [5.74, 6) is -1.56. The molecular weight excluding hydrogens is 314 g/mol. The fourth-order valence-electron chi connectivity index (χ4n) is 2.48. The van der Waals surface area contributed by atoms with Gasteiger partial charge in [-0.2, -0.15) is 0 Å². The van der Waals surface area contributed by atoms with Gasteiger partial charge in [-0.05, 0) is 34.5 Å². The maximum Gasteiger partial charge on any atom is 0.312 e. The highest BCUT2D eigenvalue weighted by Crippen LogP contribution is 2.36. The van der Waals surface area contributed by atoms with E-state index in [-0.39, 0.29) is 5.78 Å². The Hall–Kier alpha value is -1.82. The Morgan fingerprint density at radius 2 is 2.26 bits per heavy atom. The lowest BCUT2D eigenvalue weighted by Crippen LogP contribution is -2.09. The third-order valence-corrected chi connectivity index (χ3v) is 3.98. The molecule has 3 rings (SSSR count). The molecular formula is C13H10BrNO4. The lowest BCUT2D eigenvalue weighted by atomic mass is 10.1. The number of fused-ring (bicyclic) bond motifs is 1. The predicted molar refractivity (Wildman–Crippen MR) is 69.3 cm³/mol. The number of aromatic nitrogens is 1. The molecule has 0 saturated carbocycles. The highest BCUT2D eigenvalue weighted by molar-refractivity contribution is 9.10. The Bertz CT molecular complexity index is 656. The van der Waals surface area contributed by atoms with Crippen molar-refractivity contribution < 1.29 is 19.1 Å². The molecule has 1 unspecified atom stereocenters. The highest BCUT2D eigenvalue weighted by atomic mass is 79.9. The first kappa shape index (κ1) is 12.2. The first-order chi connectivity index (χ1) is 9.09. The second-order valence-corrected chi connectivity index (χ2v) is 5.29. The average Bonchev–Trinajstić information content (AvgIpc) is 3.01. The van der Waals surface area contributed by atoms with Gasteiger partial charge in [-0.1, -0.05) is 0 Å². The highest BCUT2D eigenvalue weighted by Gasteiger charge is 2.33. The molecule has 1 atom stereocenters. The van der Waals surface area contributed by atoms with E-state index in [1.807, 2.05) is 0 Å². The minimum atomic E-state index is -0.855. The van der Waals surface area contributed by atoms with Crippen LogP contribution in [-0.2, 0) is 11.3 Å². The summed E-state index contributed by atoms with van der Waals surface area (Å²) in [6.45, 7) is 0.539. The molecule has 98 valence electrons. The number of carbonyl (C=O) groups is 2. The van der Waals surface area contributed by atoms with Crippen molar-refractivity contribution in [3.05, 3.63) is 46.1 Å². The summed E-state index contributed by atoms with van der Waals surface area (Å²) in [6.07, 6.45) is 3.34. The number of carboxylic acid groups (broad SMARTS) is 1. The van der Waals surface area contributed by atoms with Crippen molar-refractivity contribution in [2.45, 2.75) is 18.9 Å². The van der Waals surface area contributed by atoms with Crippen LogP contribution in [0.1, 0.15) is 34.1 Å². The standard InChI is InChI=1S/C13H10BrNO4/c14-9-5-10-8(13(17)18)1-3-15(10)11(9)12(16)7-2-4-19-6-7/h2,4-6,8H,1,3H2,(H,17,18). The molecule has 0 aliphatic carbocycles. The minimum Gasteiger partial charge on any atom is -0.481 e. The van der Waals surface area contributed by atoms with Crippen molar-refractivity contribution in [2.75, 3.05) is 0 Å². The molecule has 2 aromatic rings. The maximum atomic E-state index is 12.4. The zero-order chi connectivity index (χ0) is 13.6. The summed E-state index contributed by atoms with van der Waals surface area (Å²) in [6, 6.07) is 3.32. The van der Waals surface area contributed by atoms with Crippen molar-refractivity contribution in [3.63, 3.8) is 0 Å². The number of rotatable bonds is 3. The number of hydrogen-bond donors (Lipinski definition) is 1. The van der Waals surface area contributed by atoms with E-state index in [9.17, 15) is 9.59 Å². The Morgan fingerprint density at radius 1 is 1.47 bits per heavy atom. The smallest absolute Gasteiger partial charge is 0.312 e. The van der Waals surface area contributed by atoms with Gasteiger partial charge in [-0.25, -0.2) is 0 Å². The number of furan rings is 1. The molecule has 0 aromatic carbocycles. The van der Waals surface area contributed by atoms with Gasteiger partial charge in [0.15, 0.2) is 0 Å². The normalized spacial score (nSPS) is 17.4. The average molecular weight is 324 g/mol. The third-order valence-electron chi connectivity index (χ3n) is 3.38. The Kier molecular flexibility index (Phi) is 2.82. The molecule has 0 fully saturated rings. The van der Waals surface area contributed by atoms with Crippen LogP contribution >= 0.6 is 15.9 Å². The summed E-state index contributed by atoms with van der Waals surface area (Å²) >= 11 is 3.34. The van der Waals surface area contributed by atoms with Gasteiger partial charge in [0.1, 0.15) is 12.0 Å². The van der Waals surface area contributed by atoms with E-state index in [0.717, 1.165) is 0 Å². The van der Waals surface area contributed by atoms with E-state index >= 15 is 0 Å². The molecule has 0 saturated heterocycles. The van der Waals surface area contributed by atoms with Gasteiger partial charge in [-0.3, -0.25) is 9.59 Å². The number of halogens is 1. The molecule has 0 amide bonds. The van der Waals surface area contributed by atoms with E-state index in [2.05, 4.69) is 15.9 Å². The molecule has 1 aliphatic rings. The SMILES string of the molecule is O=C(c1ccoc1)c1c(Br)cc2n1CCC2C(=O)O. The topological polar surface area (TPSA) is 72.4 Å². The molecule has 1 N–H and O–H groups in total. The van der Waals surface area contributed by atoms with Gasteiger partial charge in [0.2, 0.25) is 5.78 Å². The van der Waals surface area contributed by atoms with Crippen LogP contribution in [0.2, 0.25) is 0 Å². The summed E-state index contributed by atoms with van der Waals surface area (Å²) in [5.41, 5.74) is 1.62. The lowest BCUT2D eigenvalue weighted by molar-refractivity contribution is -0.138. The lowest BCUT2D eigenvalue weighted by Gasteiger charge is -2.04. The summed E-state index contributed by atoms with van der Waals surface area (Å²) < 4.78 is 7.31. The van der Waals surface area contributed by atoms with Gasteiger partial charge >= 0.3 is 5.97 Å². The zero-order valence-corrected chi connectivity index (χ0v) is 11.4. The number of nitrogens with zero attached hydrogens (tertiary/aromatic N) is 1. The number of aliphatic carboxylic acids is 1.